The highest BCUT2D eigenvalue weighted by Gasteiger charge is 2.38. The van der Waals surface area contributed by atoms with Crippen molar-refractivity contribution in [2.24, 2.45) is 0 Å². The minimum absolute atomic E-state index is 0.00893. The van der Waals surface area contributed by atoms with Crippen LogP contribution in [0.1, 0.15) is 9.67 Å². The Kier molecular flexibility index (Phi) is 6.74. The molecule has 0 unspecified atom stereocenters. The van der Waals surface area contributed by atoms with Crippen molar-refractivity contribution in [3.05, 3.63) is 70.0 Å². The van der Waals surface area contributed by atoms with E-state index < -0.39 is 12.1 Å². The molecular weight excluding hydrogens is 485 g/mol. The molecule has 1 fully saturated rings. The first kappa shape index (κ1) is 24.2. The molecule has 0 atom stereocenters. The third kappa shape index (κ3) is 5.27. The molecule has 0 spiro atoms. The number of nitrogens with zero attached hydrogens (tertiary/aromatic N) is 3. The van der Waals surface area contributed by atoms with E-state index >= 15 is 0 Å². The van der Waals surface area contributed by atoms with Crippen LogP contribution in [0.5, 0.6) is 0 Å². The van der Waals surface area contributed by atoms with E-state index in [0.29, 0.717) is 23.4 Å². The number of thiophene rings is 1. The smallest absolute Gasteiger partial charge is 0.475 e. The van der Waals surface area contributed by atoms with E-state index in [1.807, 2.05) is 47.4 Å². The fourth-order valence-electron chi connectivity index (χ4n) is 3.68. The van der Waals surface area contributed by atoms with E-state index in [0.717, 1.165) is 34.5 Å². The van der Waals surface area contributed by atoms with Crippen molar-refractivity contribution in [2.45, 2.75) is 6.18 Å². The number of aliphatic carboxylic acids is 1. The number of halogens is 3. The predicted octanol–water partition coefficient (Wildman–Crippen LogP) is 3.73. The zero-order valence-electron chi connectivity index (χ0n) is 18.1. The summed E-state index contributed by atoms with van der Waals surface area (Å²) in [7, 11) is 0. The molecule has 1 aromatic carbocycles. The molecule has 0 radical (unpaired) electrons. The maximum absolute atomic E-state index is 13.0. The predicted molar refractivity (Wildman–Crippen MR) is 126 cm³/mol. The number of H-pyrrole nitrogens is 1. The summed E-state index contributed by atoms with van der Waals surface area (Å²) in [6.45, 7) is 2.77. The van der Waals surface area contributed by atoms with Crippen LogP contribution in [0, 0.1) is 0 Å². The Morgan fingerprint density at radius 3 is 2.29 bits per heavy atom. The Morgan fingerprint density at radius 2 is 1.66 bits per heavy atom. The molecule has 1 saturated heterocycles. The molecule has 35 heavy (non-hydrogen) atoms. The van der Waals surface area contributed by atoms with Crippen LogP contribution in [-0.2, 0) is 4.79 Å². The number of anilines is 1. The van der Waals surface area contributed by atoms with Gasteiger partial charge in [-0.1, -0.05) is 24.3 Å². The van der Waals surface area contributed by atoms with E-state index in [1.165, 1.54) is 11.3 Å². The number of aromatic nitrogens is 2. The Morgan fingerprint density at radius 1 is 1.00 bits per heavy atom. The molecule has 1 aliphatic rings. The first-order valence-corrected chi connectivity index (χ1v) is 11.3. The van der Waals surface area contributed by atoms with Crippen LogP contribution >= 0.6 is 11.3 Å². The number of para-hydroxylation sites is 1. The molecule has 0 bridgehead atoms. The average Bonchev–Trinajstić information content (AvgIpc) is 3.31. The average molecular weight is 504 g/mol. The quantitative estimate of drug-likeness (QED) is 0.431. The van der Waals surface area contributed by atoms with Crippen molar-refractivity contribution in [3.8, 4) is 0 Å². The van der Waals surface area contributed by atoms with Crippen molar-refractivity contribution >= 4 is 50.0 Å². The zero-order valence-corrected chi connectivity index (χ0v) is 18.9. The van der Waals surface area contributed by atoms with E-state index in [2.05, 4.69) is 14.9 Å². The maximum atomic E-state index is 13.0. The summed E-state index contributed by atoms with van der Waals surface area (Å²) in [4.78, 5) is 46.3. The molecule has 4 aromatic rings. The third-order valence-corrected chi connectivity index (χ3v) is 6.55. The lowest BCUT2D eigenvalue weighted by atomic mass is 10.2. The van der Waals surface area contributed by atoms with Gasteiger partial charge in [-0.3, -0.25) is 9.59 Å². The number of hydrogen-bond donors (Lipinski definition) is 2. The van der Waals surface area contributed by atoms with E-state index in [4.69, 9.17) is 9.90 Å². The van der Waals surface area contributed by atoms with Gasteiger partial charge in [0.2, 0.25) is 0 Å². The van der Waals surface area contributed by atoms with Gasteiger partial charge in [-0.25, -0.2) is 9.78 Å². The fourth-order valence-corrected chi connectivity index (χ4v) is 4.84. The van der Waals surface area contributed by atoms with Crippen LogP contribution in [0.3, 0.4) is 0 Å². The molecule has 12 heteroatoms. The van der Waals surface area contributed by atoms with Gasteiger partial charge < -0.3 is 19.9 Å². The van der Waals surface area contributed by atoms with Gasteiger partial charge >= 0.3 is 12.1 Å². The summed E-state index contributed by atoms with van der Waals surface area (Å²) in [5.74, 6) is -1.83. The van der Waals surface area contributed by atoms with E-state index in [9.17, 15) is 22.8 Å². The van der Waals surface area contributed by atoms with Crippen LogP contribution in [0.25, 0.3) is 21.0 Å². The zero-order chi connectivity index (χ0) is 25.2. The van der Waals surface area contributed by atoms with E-state index in [1.54, 1.807) is 12.3 Å². The number of carboxylic acid groups (broad SMARTS) is 1. The Bertz CT molecular complexity index is 1430. The number of carboxylic acids is 1. The lowest BCUT2D eigenvalue weighted by molar-refractivity contribution is -0.192. The molecule has 0 aliphatic carbocycles. The van der Waals surface area contributed by atoms with Crippen LogP contribution in [0.2, 0.25) is 0 Å². The number of carbonyl (C=O) groups excluding carboxylic acids is 1. The number of amides is 1. The molecule has 3 aromatic heterocycles. The van der Waals surface area contributed by atoms with E-state index in [-0.39, 0.29) is 11.5 Å². The van der Waals surface area contributed by atoms with Crippen molar-refractivity contribution in [3.63, 3.8) is 0 Å². The normalized spacial score (nSPS) is 14.0. The van der Waals surface area contributed by atoms with Gasteiger partial charge in [-0.15, -0.1) is 11.3 Å². The summed E-state index contributed by atoms with van der Waals surface area (Å²) >= 11 is 1.40. The van der Waals surface area contributed by atoms with Gasteiger partial charge in [0.15, 0.2) is 0 Å². The summed E-state index contributed by atoms with van der Waals surface area (Å²) in [6.07, 6.45) is -3.30. The number of aromatic amines is 1. The van der Waals surface area contributed by atoms with Crippen LogP contribution in [0.4, 0.5) is 19.0 Å². The first-order valence-electron chi connectivity index (χ1n) is 10.4. The number of nitrogens with one attached hydrogen (secondary N) is 1. The molecule has 4 heterocycles. The molecule has 0 saturated carbocycles. The van der Waals surface area contributed by atoms with Gasteiger partial charge in [-0.05, 0) is 24.3 Å². The van der Waals surface area contributed by atoms with Crippen LogP contribution in [0.15, 0.2) is 59.5 Å². The van der Waals surface area contributed by atoms with Gasteiger partial charge in [-0.2, -0.15) is 13.2 Å². The first-order chi connectivity index (χ1) is 16.6. The monoisotopic (exact) mass is 504 g/mol. The summed E-state index contributed by atoms with van der Waals surface area (Å²) < 4.78 is 32.6. The SMILES string of the molecule is O=C(O)C(F)(F)F.O=C(c1cc2c(=O)[nH]c3ccccc3c2s1)N1CCN(c2ccccn2)CC1. The van der Waals surface area contributed by atoms with Gasteiger partial charge in [0.05, 0.1) is 10.3 Å². The number of hydrogen-bond acceptors (Lipinski definition) is 6. The van der Waals surface area contributed by atoms with Crippen molar-refractivity contribution < 1.29 is 27.9 Å². The highest BCUT2D eigenvalue weighted by atomic mass is 32.1. The third-order valence-electron chi connectivity index (χ3n) is 5.39. The van der Waals surface area contributed by atoms with Gasteiger partial charge in [0.1, 0.15) is 5.82 Å². The highest BCUT2D eigenvalue weighted by Crippen LogP contribution is 2.30. The molecule has 8 nitrogen and oxygen atoms in total. The number of benzene rings is 1. The fraction of sp³-hybridized carbons (Fsp3) is 0.217. The molecule has 5 rings (SSSR count). The lowest BCUT2D eigenvalue weighted by Gasteiger charge is -2.35. The largest absolute Gasteiger partial charge is 0.490 e. The summed E-state index contributed by atoms with van der Waals surface area (Å²) in [5, 5.41) is 8.68. The molecule has 182 valence electrons. The van der Waals surface area contributed by atoms with Crippen molar-refractivity contribution in [1.29, 1.82) is 0 Å². The molecular formula is C23H19F3N4O4S. The van der Waals surface area contributed by atoms with Gasteiger partial charge in [0, 0.05) is 48.0 Å². The lowest BCUT2D eigenvalue weighted by Crippen LogP contribution is -2.48. The highest BCUT2D eigenvalue weighted by molar-refractivity contribution is 7.21. The molecule has 1 aliphatic heterocycles. The second kappa shape index (κ2) is 9.74. The standard InChI is InChI=1S/C21H18N4O2S.C2HF3O2/c26-20-15-13-17(28-19(15)14-5-1-2-6-16(14)23-20)21(27)25-11-9-24(10-12-25)18-7-3-4-8-22-18;3-2(4,5)1(6)7/h1-8,13H,9-12H2,(H,23,26);(H,6,7). The van der Waals surface area contributed by atoms with Crippen LogP contribution in [-0.4, -0.2) is 64.2 Å². The second-order valence-corrected chi connectivity index (χ2v) is 8.68. The topological polar surface area (TPSA) is 107 Å². The second-order valence-electron chi connectivity index (χ2n) is 7.62. The number of rotatable bonds is 2. The molecule has 1 amide bonds. The van der Waals surface area contributed by atoms with Gasteiger partial charge in [0.25, 0.3) is 11.5 Å². The summed E-state index contributed by atoms with van der Waals surface area (Å²) in [6, 6.07) is 15.3. The maximum Gasteiger partial charge on any atom is 0.490 e. The number of pyridine rings is 2. The van der Waals surface area contributed by atoms with Crippen LogP contribution < -0.4 is 10.5 Å². The number of carbonyl (C=O) groups is 2. The number of piperazine rings is 1. The Balaban J connectivity index is 0.000000364. The van der Waals surface area contributed by atoms with Crippen molar-refractivity contribution in [2.75, 3.05) is 31.1 Å². The summed E-state index contributed by atoms with van der Waals surface area (Å²) in [5.41, 5.74) is 0.647. The minimum Gasteiger partial charge on any atom is -0.475 e. The molecule has 2 N–H and O–H groups in total. The Labute approximate surface area is 200 Å². The minimum atomic E-state index is -5.08. The number of fused-ring (bicyclic) bond motifs is 3. The number of alkyl halides is 3. The Hall–Kier alpha value is -3.93. The van der Waals surface area contributed by atoms with Crippen molar-refractivity contribution in [1.82, 2.24) is 14.9 Å².